The predicted octanol–water partition coefficient (Wildman–Crippen LogP) is 2.62. The van der Waals surface area contributed by atoms with E-state index in [1.807, 2.05) is 0 Å². The lowest BCUT2D eigenvalue weighted by atomic mass is 10.1. The SMILES string of the molecule is CCCCCCCCCCOc1cc(CC(P(=O)([O-])O)P(=O)(O)O)c[n+](C)c1. The molecule has 1 aromatic heterocycles. The van der Waals surface area contributed by atoms with Gasteiger partial charge >= 0.3 is 7.60 Å². The third kappa shape index (κ3) is 10.1. The van der Waals surface area contributed by atoms with Crippen LogP contribution in [0, 0.1) is 0 Å². The van der Waals surface area contributed by atoms with Crippen molar-refractivity contribution in [3.63, 3.8) is 0 Å². The van der Waals surface area contributed by atoms with Gasteiger partial charge in [-0.15, -0.1) is 0 Å². The Balaban J connectivity index is 2.54. The Kier molecular flexibility index (Phi) is 10.9. The Morgan fingerprint density at radius 3 is 2.14 bits per heavy atom. The number of aromatic nitrogens is 1. The van der Waals surface area contributed by atoms with Gasteiger partial charge in [-0.1, -0.05) is 51.9 Å². The van der Waals surface area contributed by atoms with Crippen LogP contribution >= 0.6 is 15.2 Å². The van der Waals surface area contributed by atoms with Crippen LogP contribution in [-0.2, 0) is 22.6 Å². The van der Waals surface area contributed by atoms with Gasteiger partial charge < -0.3 is 28.9 Å². The lowest BCUT2D eigenvalue weighted by molar-refractivity contribution is -0.672. The molecule has 1 rings (SSSR count). The van der Waals surface area contributed by atoms with E-state index in [0.717, 1.165) is 12.8 Å². The van der Waals surface area contributed by atoms with E-state index in [2.05, 4.69) is 6.92 Å². The smallest absolute Gasteiger partial charge is 0.337 e. The molecule has 2 unspecified atom stereocenters. The maximum absolute atomic E-state index is 11.4. The Morgan fingerprint density at radius 2 is 1.61 bits per heavy atom. The minimum absolute atomic E-state index is 0.356. The van der Waals surface area contributed by atoms with Gasteiger partial charge in [-0.3, -0.25) is 4.57 Å². The topological polar surface area (TPSA) is 131 Å². The number of hydrogen-bond acceptors (Lipinski definition) is 4. The van der Waals surface area contributed by atoms with Crippen molar-refractivity contribution in [2.75, 3.05) is 6.61 Å². The number of pyridine rings is 1. The molecule has 0 saturated carbocycles. The summed E-state index contributed by atoms with van der Waals surface area (Å²) in [6, 6.07) is 1.54. The first-order valence-corrected chi connectivity index (χ1v) is 13.1. The quantitative estimate of drug-likeness (QED) is 0.232. The first kappa shape index (κ1) is 25.3. The van der Waals surface area contributed by atoms with Crippen LogP contribution in [0.25, 0.3) is 0 Å². The second-order valence-corrected chi connectivity index (χ2v) is 11.2. The van der Waals surface area contributed by atoms with Crippen LogP contribution < -0.4 is 14.2 Å². The summed E-state index contributed by atoms with van der Waals surface area (Å²) in [6.07, 6.45) is 12.2. The van der Waals surface area contributed by atoms with Crippen molar-refractivity contribution in [3.8, 4) is 5.75 Å². The van der Waals surface area contributed by atoms with Gasteiger partial charge in [0, 0.05) is 12.0 Å². The van der Waals surface area contributed by atoms with Crippen LogP contribution in [-0.4, -0.2) is 26.7 Å². The van der Waals surface area contributed by atoms with E-state index < -0.39 is 27.0 Å². The molecule has 0 saturated heterocycles. The van der Waals surface area contributed by atoms with Gasteiger partial charge in [0.2, 0.25) is 6.20 Å². The fraction of sp³-hybridized carbons (Fsp3) is 0.722. The summed E-state index contributed by atoms with van der Waals surface area (Å²) in [7, 11) is -8.51. The van der Waals surface area contributed by atoms with Gasteiger partial charge in [0.1, 0.15) is 20.0 Å². The van der Waals surface area contributed by atoms with E-state index in [9.17, 15) is 28.7 Å². The average molecular weight is 437 g/mol. The van der Waals surface area contributed by atoms with Gasteiger partial charge in [-0.2, -0.15) is 0 Å². The Morgan fingerprint density at radius 1 is 1.04 bits per heavy atom. The van der Waals surface area contributed by atoms with Crippen molar-refractivity contribution in [1.29, 1.82) is 0 Å². The first-order chi connectivity index (χ1) is 13.0. The van der Waals surface area contributed by atoms with Gasteiger partial charge in [0.25, 0.3) is 0 Å². The van der Waals surface area contributed by atoms with Crippen molar-refractivity contribution in [1.82, 2.24) is 0 Å². The zero-order chi connectivity index (χ0) is 21.2. The molecular weight excluding hydrogens is 404 g/mol. The van der Waals surface area contributed by atoms with Crippen molar-refractivity contribution < 1.29 is 38.0 Å². The molecular formula is C18H33NO7P2. The molecule has 0 radical (unpaired) electrons. The van der Waals surface area contributed by atoms with Crippen LogP contribution in [0.2, 0.25) is 0 Å². The zero-order valence-corrected chi connectivity index (χ0v) is 18.5. The Labute approximate surface area is 167 Å². The number of aryl methyl sites for hydroxylation is 1. The van der Waals surface area contributed by atoms with Crippen molar-refractivity contribution >= 4 is 15.2 Å². The maximum atomic E-state index is 11.4. The normalized spacial score (nSPS) is 15.2. The monoisotopic (exact) mass is 437 g/mol. The number of unbranched alkanes of at least 4 members (excludes halogenated alkanes) is 7. The van der Waals surface area contributed by atoms with Crippen LogP contribution in [0.3, 0.4) is 0 Å². The van der Waals surface area contributed by atoms with E-state index in [4.69, 9.17) is 4.74 Å². The van der Waals surface area contributed by atoms with E-state index in [-0.39, 0.29) is 0 Å². The molecule has 0 aliphatic heterocycles. The Hall–Kier alpha value is -0.750. The third-order valence-corrected chi connectivity index (χ3v) is 8.15. The molecule has 0 fully saturated rings. The molecule has 0 bridgehead atoms. The molecule has 0 spiro atoms. The molecule has 162 valence electrons. The largest absolute Gasteiger partial charge is 0.778 e. The highest BCUT2D eigenvalue weighted by atomic mass is 31.2. The summed E-state index contributed by atoms with van der Waals surface area (Å²) >= 11 is 0. The lowest BCUT2D eigenvalue weighted by Crippen LogP contribution is -2.29. The lowest BCUT2D eigenvalue weighted by Gasteiger charge is -2.27. The molecule has 1 aromatic rings. The van der Waals surface area contributed by atoms with Crippen LogP contribution in [0.1, 0.15) is 63.9 Å². The molecule has 0 aliphatic rings. The zero-order valence-electron chi connectivity index (χ0n) is 16.7. The molecule has 28 heavy (non-hydrogen) atoms. The van der Waals surface area contributed by atoms with Gasteiger partial charge in [-0.25, -0.2) is 4.57 Å². The summed E-state index contributed by atoms with van der Waals surface area (Å²) in [6.45, 7) is 2.71. The molecule has 1 heterocycles. The van der Waals surface area contributed by atoms with E-state index in [0.29, 0.717) is 17.9 Å². The average Bonchev–Trinajstić information content (AvgIpc) is 2.56. The van der Waals surface area contributed by atoms with Gasteiger partial charge in [0.05, 0.1) is 6.61 Å². The Bertz CT molecular complexity index is 665. The second-order valence-electron chi connectivity index (χ2n) is 7.21. The van der Waals surface area contributed by atoms with Crippen LogP contribution in [0.4, 0.5) is 0 Å². The third-order valence-electron chi connectivity index (χ3n) is 4.48. The summed E-state index contributed by atoms with van der Waals surface area (Å²) in [5, 5.41) is -2.16. The number of nitrogens with zero attached hydrogens (tertiary/aromatic N) is 1. The molecule has 3 N–H and O–H groups in total. The fourth-order valence-electron chi connectivity index (χ4n) is 3.01. The van der Waals surface area contributed by atoms with Gasteiger partial charge in [-0.05, 0) is 12.5 Å². The second kappa shape index (κ2) is 12.1. The molecule has 0 aromatic carbocycles. The van der Waals surface area contributed by atoms with E-state index in [1.165, 1.54) is 38.5 Å². The minimum atomic E-state index is -5.20. The van der Waals surface area contributed by atoms with Crippen molar-refractivity contribution in [2.24, 2.45) is 7.05 Å². The van der Waals surface area contributed by atoms with Gasteiger partial charge in [0.15, 0.2) is 11.9 Å². The molecule has 10 heteroatoms. The minimum Gasteiger partial charge on any atom is -0.778 e. The van der Waals surface area contributed by atoms with Crippen molar-refractivity contribution in [3.05, 3.63) is 24.0 Å². The maximum Gasteiger partial charge on any atom is 0.337 e. The standard InChI is InChI=1S/C18H33NO7P2/c1-3-4-5-6-7-8-9-10-11-26-17-12-16(14-19(2)15-17)13-18(27(20,21)22)28(23,24)25/h12,14-15,18H,3-11,13H2,1-2H3,(H3-,20,21,22,23,24,25). The molecule has 0 aliphatic carbocycles. The van der Waals surface area contributed by atoms with Crippen molar-refractivity contribution in [2.45, 2.75) is 70.1 Å². The highest BCUT2D eigenvalue weighted by Crippen LogP contribution is 2.58. The first-order valence-electron chi connectivity index (χ1n) is 9.74. The summed E-state index contributed by atoms with van der Waals surface area (Å²) in [5.41, 5.74) is 0.356. The highest BCUT2D eigenvalue weighted by molar-refractivity contribution is 7.70. The van der Waals surface area contributed by atoms with E-state index >= 15 is 0 Å². The summed E-state index contributed by atoms with van der Waals surface area (Å²) < 4.78 is 30.1. The predicted molar refractivity (Wildman–Crippen MR) is 105 cm³/mol. The van der Waals surface area contributed by atoms with Crippen LogP contribution in [0.15, 0.2) is 18.5 Å². The number of rotatable bonds is 14. The molecule has 0 amide bonds. The number of hydrogen-bond donors (Lipinski definition) is 3. The number of ether oxygens (including phenoxy) is 1. The van der Waals surface area contributed by atoms with Crippen LogP contribution in [0.5, 0.6) is 5.75 Å². The van der Waals surface area contributed by atoms with E-state index in [1.54, 1.807) is 30.1 Å². The summed E-state index contributed by atoms with van der Waals surface area (Å²) in [4.78, 5) is 39.0. The molecule has 8 nitrogen and oxygen atoms in total. The fourth-order valence-corrected chi connectivity index (χ4v) is 5.42. The molecule has 2 atom stereocenters. The highest BCUT2D eigenvalue weighted by Gasteiger charge is 2.37. The summed E-state index contributed by atoms with van der Waals surface area (Å²) in [5.74, 6) is 0.492.